The molecule has 17 heavy (non-hydrogen) atoms. The minimum absolute atomic E-state index is 0.566. The molecule has 0 spiro atoms. The van der Waals surface area contributed by atoms with Crippen molar-refractivity contribution in [1.82, 2.24) is 9.78 Å². The highest BCUT2D eigenvalue weighted by molar-refractivity contribution is 5.27. The first-order valence-corrected chi connectivity index (χ1v) is 6.04. The van der Waals surface area contributed by atoms with Crippen LogP contribution in [0.2, 0.25) is 0 Å². The normalized spacial score (nSPS) is 10.8. The van der Waals surface area contributed by atoms with Gasteiger partial charge >= 0.3 is 0 Å². The van der Waals surface area contributed by atoms with E-state index in [0.717, 1.165) is 18.5 Å². The van der Waals surface area contributed by atoms with Crippen molar-refractivity contribution in [3.05, 3.63) is 52.8 Å². The van der Waals surface area contributed by atoms with Crippen LogP contribution in [-0.4, -0.2) is 9.78 Å². The molecule has 90 valence electrons. The zero-order valence-electron chi connectivity index (χ0n) is 10.5. The molecule has 2 rings (SSSR count). The average Bonchev–Trinajstić information content (AvgIpc) is 2.74. The van der Waals surface area contributed by atoms with E-state index in [1.807, 2.05) is 6.20 Å². The molecule has 1 aromatic heterocycles. The monoisotopic (exact) mass is 229 g/mol. The molecule has 1 heterocycles. The Kier molecular flexibility index (Phi) is 3.59. The molecule has 0 fully saturated rings. The van der Waals surface area contributed by atoms with Crippen LogP contribution in [0, 0.1) is 6.92 Å². The van der Waals surface area contributed by atoms with E-state index in [1.54, 1.807) is 0 Å². The number of rotatable bonds is 4. The summed E-state index contributed by atoms with van der Waals surface area (Å²) in [5.74, 6) is 0. The molecule has 0 radical (unpaired) electrons. The molecule has 0 atom stereocenters. The van der Waals surface area contributed by atoms with Crippen LogP contribution in [0.5, 0.6) is 0 Å². The van der Waals surface area contributed by atoms with Gasteiger partial charge in [-0.1, -0.05) is 31.2 Å². The molecule has 3 heteroatoms. The Labute approximate surface area is 102 Å². The molecule has 0 aliphatic carbocycles. The van der Waals surface area contributed by atoms with Crippen LogP contribution in [0.15, 0.2) is 30.5 Å². The van der Waals surface area contributed by atoms with E-state index in [0.29, 0.717) is 6.54 Å². The number of aryl methyl sites for hydroxylation is 1. The van der Waals surface area contributed by atoms with E-state index in [1.165, 1.54) is 16.8 Å². The van der Waals surface area contributed by atoms with E-state index < -0.39 is 0 Å². The van der Waals surface area contributed by atoms with E-state index >= 15 is 0 Å². The first-order valence-electron chi connectivity index (χ1n) is 6.04. The topological polar surface area (TPSA) is 43.8 Å². The highest BCUT2D eigenvalue weighted by Gasteiger charge is 2.08. The largest absolute Gasteiger partial charge is 0.326 e. The second-order valence-corrected chi connectivity index (χ2v) is 4.26. The minimum atomic E-state index is 0.566. The molecular weight excluding hydrogens is 210 g/mol. The molecule has 0 saturated carbocycles. The SMILES string of the molecule is CCc1c(CN)cnn1Cc1ccccc1C. The maximum atomic E-state index is 5.71. The van der Waals surface area contributed by atoms with Gasteiger partial charge < -0.3 is 5.73 Å². The number of hydrogen-bond acceptors (Lipinski definition) is 2. The standard InChI is InChI=1S/C14H19N3/c1-3-14-13(8-15)9-16-17(14)10-12-7-5-4-6-11(12)2/h4-7,9H,3,8,10,15H2,1-2H3. The van der Waals surface area contributed by atoms with E-state index in [9.17, 15) is 0 Å². The van der Waals surface area contributed by atoms with Crippen molar-refractivity contribution in [3.8, 4) is 0 Å². The summed E-state index contributed by atoms with van der Waals surface area (Å²) in [5.41, 5.74) is 10.7. The lowest BCUT2D eigenvalue weighted by Gasteiger charge is -2.09. The predicted molar refractivity (Wildman–Crippen MR) is 69.8 cm³/mol. The van der Waals surface area contributed by atoms with Gasteiger partial charge in [-0.05, 0) is 24.5 Å². The third kappa shape index (κ3) is 2.39. The average molecular weight is 229 g/mol. The van der Waals surface area contributed by atoms with Crippen LogP contribution in [0.4, 0.5) is 0 Å². The second kappa shape index (κ2) is 5.15. The van der Waals surface area contributed by atoms with Crippen molar-refractivity contribution >= 4 is 0 Å². The molecule has 3 nitrogen and oxygen atoms in total. The Morgan fingerprint density at radius 3 is 2.65 bits per heavy atom. The van der Waals surface area contributed by atoms with Gasteiger partial charge in [0.1, 0.15) is 0 Å². The van der Waals surface area contributed by atoms with Crippen LogP contribution in [0.25, 0.3) is 0 Å². The van der Waals surface area contributed by atoms with Crippen molar-refractivity contribution in [1.29, 1.82) is 0 Å². The summed E-state index contributed by atoms with van der Waals surface area (Å²) >= 11 is 0. The molecule has 0 aliphatic rings. The van der Waals surface area contributed by atoms with Gasteiger partial charge in [-0.15, -0.1) is 0 Å². The molecule has 0 amide bonds. The third-order valence-corrected chi connectivity index (χ3v) is 3.17. The van der Waals surface area contributed by atoms with Gasteiger partial charge in [0, 0.05) is 17.8 Å². The molecule has 0 saturated heterocycles. The molecule has 0 aliphatic heterocycles. The lowest BCUT2D eigenvalue weighted by Crippen LogP contribution is -2.08. The zero-order chi connectivity index (χ0) is 12.3. The Balaban J connectivity index is 2.30. The minimum Gasteiger partial charge on any atom is -0.326 e. The summed E-state index contributed by atoms with van der Waals surface area (Å²) < 4.78 is 2.06. The van der Waals surface area contributed by atoms with Crippen molar-refractivity contribution in [2.45, 2.75) is 33.4 Å². The van der Waals surface area contributed by atoms with Crippen LogP contribution in [0.1, 0.15) is 29.3 Å². The van der Waals surface area contributed by atoms with Crippen LogP contribution in [-0.2, 0) is 19.5 Å². The van der Waals surface area contributed by atoms with Crippen molar-refractivity contribution < 1.29 is 0 Å². The van der Waals surface area contributed by atoms with Gasteiger partial charge in [0.2, 0.25) is 0 Å². The van der Waals surface area contributed by atoms with Crippen molar-refractivity contribution in [3.63, 3.8) is 0 Å². The molecule has 2 N–H and O–H groups in total. The number of nitrogens with two attached hydrogens (primary N) is 1. The summed E-state index contributed by atoms with van der Waals surface area (Å²) in [6.45, 7) is 5.67. The van der Waals surface area contributed by atoms with E-state index in [4.69, 9.17) is 5.73 Å². The quantitative estimate of drug-likeness (QED) is 0.874. The van der Waals surface area contributed by atoms with Gasteiger partial charge in [-0.2, -0.15) is 5.10 Å². The van der Waals surface area contributed by atoms with Crippen molar-refractivity contribution in [2.75, 3.05) is 0 Å². The highest BCUT2D eigenvalue weighted by Crippen LogP contribution is 2.13. The maximum absolute atomic E-state index is 5.71. The van der Waals surface area contributed by atoms with Gasteiger partial charge in [-0.25, -0.2) is 0 Å². The van der Waals surface area contributed by atoms with Crippen molar-refractivity contribution in [2.24, 2.45) is 5.73 Å². The van der Waals surface area contributed by atoms with E-state index in [2.05, 4.69) is 47.9 Å². The maximum Gasteiger partial charge on any atom is 0.0665 e. The summed E-state index contributed by atoms with van der Waals surface area (Å²) in [4.78, 5) is 0. The molecule has 2 aromatic rings. The zero-order valence-corrected chi connectivity index (χ0v) is 10.5. The number of hydrogen-bond donors (Lipinski definition) is 1. The number of nitrogens with zero attached hydrogens (tertiary/aromatic N) is 2. The third-order valence-electron chi connectivity index (χ3n) is 3.17. The molecule has 0 bridgehead atoms. The fourth-order valence-corrected chi connectivity index (χ4v) is 2.11. The summed E-state index contributed by atoms with van der Waals surface area (Å²) in [6, 6.07) is 8.42. The highest BCUT2D eigenvalue weighted by atomic mass is 15.3. The van der Waals surface area contributed by atoms with Crippen LogP contribution in [0.3, 0.4) is 0 Å². The Bertz CT molecular complexity index is 500. The fourth-order valence-electron chi connectivity index (χ4n) is 2.11. The van der Waals surface area contributed by atoms with Crippen LogP contribution < -0.4 is 5.73 Å². The van der Waals surface area contributed by atoms with Gasteiger partial charge in [-0.3, -0.25) is 4.68 Å². The van der Waals surface area contributed by atoms with Gasteiger partial charge in [0.25, 0.3) is 0 Å². The summed E-state index contributed by atoms with van der Waals surface area (Å²) in [7, 11) is 0. The lowest BCUT2D eigenvalue weighted by atomic mass is 10.1. The molecule has 0 unspecified atom stereocenters. The Morgan fingerprint density at radius 1 is 1.24 bits per heavy atom. The summed E-state index contributed by atoms with van der Waals surface area (Å²) in [5, 5.41) is 4.43. The Hall–Kier alpha value is -1.61. The molecule has 1 aromatic carbocycles. The second-order valence-electron chi connectivity index (χ2n) is 4.26. The Morgan fingerprint density at radius 2 is 2.00 bits per heavy atom. The van der Waals surface area contributed by atoms with Crippen LogP contribution >= 0.6 is 0 Å². The fraction of sp³-hybridized carbons (Fsp3) is 0.357. The number of benzene rings is 1. The van der Waals surface area contributed by atoms with Gasteiger partial charge in [0.15, 0.2) is 0 Å². The van der Waals surface area contributed by atoms with Gasteiger partial charge in [0.05, 0.1) is 12.7 Å². The summed E-state index contributed by atoms with van der Waals surface area (Å²) in [6.07, 6.45) is 2.86. The smallest absolute Gasteiger partial charge is 0.0665 e. The predicted octanol–water partition coefficient (Wildman–Crippen LogP) is 2.26. The lowest BCUT2D eigenvalue weighted by molar-refractivity contribution is 0.645. The van der Waals surface area contributed by atoms with E-state index in [-0.39, 0.29) is 0 Å². The molecular formula is C14H19N3. The number of aromatic nitrogens is 2. The first kappa shape index (κ1) is 11.9. The first-order chi connectivity index (χ1) is 8.26.